The molecule has 1 aromatic rings. The molecule has 0 saturated carbocycles. The van der Waals surface area contributed by atoms with Crippen molar-refractivity contribution in [2.45, 2.75) is 39.7 Å². The van der Waals surface area contributed by atoms with Gasteiger partial charge in [0, 0.05) is 18.8 Å². The molecule has 2 N–H and O–H groups in total. The van der Waals surface area contributed by atoms with E-state index in [4.69, 9.17) is 0 Å². The summed E-state index contributed by atoms with van der Waals surface area (Å²) in [5, 5.41) is 12.4. The van der Waals surface area contributed by atoms with Gasteiger partial charge in [-0.2, -0.15) is 0 Å². The van der Waals surface area contributed by atoms with Crippen molar-refractivity contribution in [1.82, 2.24) is 4.90 Å². The summed E-state index contributed by atoms with van der Waals surface area (Å²) in [5.74, 6) is 1.43. The Balaban J connectivity index is 1.87. The van der Waals surface area contributed by atoms with Crippen molar-refractivity contribution < 1.29 is 9.90 Å². The number of amides is 2. The SMILES string of the molecule is CC(O)c1ccc(NC(=O)N2CCC(C(C)C)CC2)cc1. The van der Waals surface area contributed by atoms with E-state index in [0.717, 1.165) is 43.1 Å². The summed E-state index contributed by atoms with van der Waals surface area (Å²) in [5.41, 5.74) is 1.63. The third kappa shape index (κ3) is 4.21. The fraction of sp³-hybridized carbons (Fsp3) is 0.588. The molecule has 1 aromatic carbocycles. The molecule has 2 rings (SSSR count). The van der Waals surface area contributed by atoms with E-state index in [1.807, 2.05) is 29.2 Å². The Morgan fingerprint density at radius 3 is 2.24 bits per heavy atom. The smallest absolute Gasteiger partial charge is 0.321 e. The Morgan fingerprint density at radius 2 is 1.76 bits per heavy atom. The summed E-state index contributed by atoms with van der Waals surface area (Å²) >= 11 is 0. The van der Waals surface area contributed by atoms with Gasteiger partial charge in [-0.25, -0.2) is 4.79 Å². The van der Waals surface area contributed by atoms with Gasteiger partial charge in [0.05, 0.1) is 6.10 Å². The Hall–Kier alpha value is -1.55. The molecule has 0 aliphatic carbocycles. The van der Waals surface area contributed by atoms with Crippen molar-refractivity contribution >= 4 is 11.7 Å². The highest BCUT2D eigenvalue weighted by Gasteiger charge is 2.24. The van der Waals surface area contributed by atoms with Gasteiger partial charge in [0.1, 0.15) is 0 Å². The normalized spacial score (nSPS) is 17.9. The van der Waals surface area contributed by atoms with E-state index in [2.05, 4.69) is 19.2 Å². The zero-order valence-electron chi connectivity index (χ0n) is 13.2. The number of benzene rings is 1. The van der Waals surface area contributed by atoms with Crippen LogP contribution in [-0.2, 0) is 0 Å². The van der Waals surface area contributed by atoms with Crippen LogP contribution in [0.4, 0.5) is 10.5 Å². The average Bonchev–Trinajstić information content (AvgIpc) is 2.47. The molecule has 4 nitrogen and oxygen atoms in total. The second-order valence-electron chi connectivity index (χ2n) is 6.30. The van der Waals surface area contributed by atoms with Crippen molar-refractivity contribution in [3.63, 3.8) is 0 Å². The van der Waals surface area contributed by atoms with Gasteiger partial charge in [-0.05, 0) is 49.3 Å². The number of nitrogens with one attached hydrogen (secondary N) is 1. The van der Waals surface area contributed by atoms with E-state index in [9.17, 15) is 9.90 Å². The van der Waals surface area contributed by atoms with Crippen LogP contribution in [0.15, 0.2) is 24.3 Å². The number of piperidine rings is 1. The first kappa shape index (κ1) is 15.8. The number of carbonyl (C=O) groups is 1. The van der Waals surface area contributed by atoms with Gasteiger partial charge in [0.2, 0.25) is 0 Å². The third-order valence-electron chi connectivity index (χ3n) is 4.41. The van der Waals surface area contributed by atoms with Gasteiger partial charge in [-0.1, -0.05) is 26.0 Å². The topological polar surface area (TPSA) is 52.6 Å². The maximum atomic E-state index is 12.2. The number of hydrogen-bond acceptors (Lipinski definition) is 2. The minimum absolute atomic E-state index is 0.0259. The van der Waals surface area contributed by atoms with Crippen LogP contribution in [0.5, 0.6) is 0 Å². The molecule has 4 heteroatoms. The highest BCUT2D eigenvalue weighted by Crippen LogP contribution is 2.25. The van der Waals surface area contributed by atoms with Crippen LogP contribution in [0.1, 0.15) is 45.3 Å². The van der Waals surface area contributed by atoms with Crippen LogP contribution >= 0.6 is 0 Å². The minimum Gasteiger partial charge on any atom is -0.389 e. The molecule has 1 heterocycles. The van der Waals surface area contributed by atoms with Gasteiger partial charge in [-0.3, -0.25) is 0 Å². The number of likely N-dealkylation sites (tertiary alicyclic amines) is 1. The number of rotatable bonds is 3. The Kier molecular flexibility index (Phi) is 5.23. The van der Waals surface area contributed by atoms with Gasteiger partial charge in [0.15, 0.2) is 0 Å². The fourth-order valence-corrected chi connectivity index (χ4v) is 2.82. The zero-order valence-corrected chi connectivity index (χ0v) is 13.2. The monoisotopic (exact) mass is 290 g/mol. The molecule has 1 fully saturated rings. The molecule has 0 aromatic heterocycles. The lowest BCUT2D eigenvalue weighted by atomic mass is 9.87. The minimum atomic E-state index is -0.482. The van der Waals surface area contributed by atoms with Crippen LogP contribution in [0.3, 0.4) is 0 Å². The maximum absolute atomic E-state index is 12.2. The van der Waals surface area contributed by atoms with Gasteiger partial charge >= 0.3 is 6.03 Å². The second kappa shape index (κ2) is 6.94. The van der Waals surface area contributed by atoms with E-state index in [-0.39, 0.29) is 6.03 Å². The summed E-state index contributed by atoms with van der Waals surface area (Å²) < 4.78 is 0. The molecule has 1 aliphatic rings. The van der Waals surface area contributed by atoms with Crippen molar-refractivity contribution in [3.05, 3.63) is 29.8 Å². The number of aliphatic hydroxyl groups excluding tert-OH is 1. The Bertz CT molecular complexity index is 460. The Labute approximate surface area is 127 Å². The number of hydrogen-bond donors (Lipinski definition) is 2. The number of carbonyl (C=O) groups excluding carboxylic acids is 1. The van der Waals surface area contributed by atoms with E-state index < -0.39 is 6.10 Å². The quantitative estimate of drug-likeness (QED) is 0.893. The molecular weight excluding hydrogens is 264 g/mol. The molecule has 1 aliphatic heterocycles. The van der Waals surface area contributed by atoms with Crippen LogP contribution in [0.25, 0.3) is 0 Å². The fourth-order valence-electron chi connectivity index (χ4n) is 2.82. The number of nitrogens with zero attached hydrogens (tertiary/aromatic N) is 1. The number of anilines is 1. The molecule has 21 heavy (non-hydrogen) atoms. The molecule has 1 unspecified atom stereocenters. The summed E-state index contributed by atoms with van der Waals surface area (Å²) in [7, 11) is 0. The Morgan fingerprint density at radius 1 is 1.19 bits per heavy atom. The lowest BCUT2D eigenvalue weighted by molar-refractivity contribution is 0.167. The van der Waals surface area contributed by atoms with Crippen molar-refractivity contribution in [1.29, 1.82) is 0 Å². The first-order valence-electron chi connectivity index (χ1n) is 7.81. The predicted molar refractivity (Wildman–Crippen MR) is 85.2 cm³/mol. The summed E-state index contributed by atoms with van der Waals surface area (Å²) in [4.78, 5) is 14.1. The molecule has 0 radical (unpaired) electrons. The highest BCUT2D eigenvalue weighted by atomic mass is 16.3. The van der Waals surface area contributed by atoms with E-state index in [1.165, 1.54) is 0 Å². The molecule has 2 amide bonds. The molecule has 116 valence electrons. The summed E-state index contributed by atoms with van der Waals surface area (Å²) in [6.45, 7) is 7.90. The summed E-state index contributed by atoms with van der Waals surface area (Å²) in [6.07, 6.45) is 1.70. The lowest BCUT2D eigenvalue weighted by Gasteiger charge is -2.33. The van der Waals surface area contributed by atoms with Crippen LogP contribution in [0, 0.1) is 11.8 Å². The molecule has 1 saturated heterocycles. The van der Waals surface area contributed by atoms with Crippen molar-refractivity contribution in [3.8, 4) is 0 Å². The first-order chi connectivity index (χ1) is 9.97. The number of aliphatic hydroxyl groups is 1. The standard InChI is InChI=1S/C17H26N2O2/c1-12(2)14-8-10-19(11-9-14)17(21)18-16-6-4-15(5-7-16)13(3)20/h4-7,12-14,20H,8-11H2,1-3H3,(H,18,21). The van der Waals surface area contributed by atoms with E-state index in [1.54, 1.807) is 6.92 Å². The maximum Gasteiger partial charge on any atom is 0.321 e. The van der Waals surface area contributed by atoms with Gasteiger partial charge < -0.3 is 15.3 Å². The molecule has 0 spiro atoms. The third-order valence-corrected chi connectivity index (χ3v) is 4.41. The van der Waals surface area contributed by atoms with Crippen molar-refractivity contribution in [2.75, 3.05) is 18.4 Å². The van der Waals surface area contributed by atoms with Crippen molar-refractivity contribution in [2.24, 2.45) is 11.8 Å². The van der Waals surface area contributed by atoms with E-state index in [0.29, 0.717) is 5.92 Å². The lowest BCUT2D eigenvalue weighted by Crippen LogP contribution is -2.41. The second-order valence-corrected chi connectivity index (χ2v) is 6.30. The van der Waals surface area contributed by atoms with Gasteiger partial charge in [0.25, 0.3) is 0 Å². The highest BCUT2D eigenvalue weighted by molar-refractivity contribution is 5.89. The zero-order chi connectivity index (χ0) is 15.4. The number of urea groups is 1. The van der Waals surface area contributed by atoms with Crippen LogP contribution in [0.2, 0.25) is 0 Å². The first-order valence-corrected chi connectivity index (χ1v) is 7.81. The molecule has 0 bridgehead atoms. The molecule has 1 atom stereocenters. The summed E-state index contributed by atoms with van der Waals surface area (Å²) in [6, 6.07) is 7.32. The molecular formula is C17H26N2O2. The van der Waals surface area contributed by atoms with Crippen LogP contribution < -0.4 is 5.32 Å². The van der Waals surface area contributed by atoms with Gasteiger partial charge in [-0.15, -0.1) is 0 Å². The largest absolute Gasteiger partial charge is 0.389 e. The van der Waals surface area contributed by atoms with E-state index >= 15 is 0 Å². The average molecular weight is 290 g/mol. The predicted octanol–water partition coefficient (Wildman–Crippen LogP) is 3.64. The van der Waals surface area contributed by atoms with Crippen LogP contribution in [-0.4, -0.2) is 29.1 Å².